The molecule has 0 saturated heterocycles. The monoisotopic (exact) mass is 366 g/mol. The van der Waals surface area contributed by atoms with E-state index in [4.69, 9.17) is 0 Å². The maximum atomic E-state index is 11.4. The Kier molecular flexibility index (Phi) is 44.7. The number of alkyl halides is 7. The fraction of sp³-hybridized carbons (Fsp3) is 1.00. The first kappa shape index (κ1) is 43.3. The van der Waals surface area contributed by atoms with Crippen LogP contribution >= 0.6 is 0 Å². The van der Waals surface area contributed by atoms with Crippen molar-refractivity contribution in [1.82, 2.24) is 0 Å². The van der Waals surface area contributed by atoms with Crippen LogP contribution < -0.4 is 0 Å². The second kappa shape index (κ2) is 23.7. The van der Waals surface area contributed by atoms with Gasteiger partial charge in [0.15, 0.2) is 0 Å². The summed E-state index contributed by atoms with van der Waals surface area (Å²) in [5, 5.41) is 0. The van der Waals surface area contributed by atoms with Crippen molar-refractivity contribution in [2.24, 2.45) is 0 Å². The molecule has 0 aromatic heterocycles. The van der Waals surface area contributed by atoms with E-state index in [9.17, 15) is 30.7 Å². The van der Waals surface area contributed by atoms with Gasteiger partial charge in [0.1, 0.15) is 6.61 Å². The van der Waals surface area contributed by atoms with E-state index in [0.29, 0.717) is 13.6 Å². The molecule has 0 aromatic carbocycles. The second-order valence-corrected chi connectivity index (χ2v) is 3.51. The summed E-state index contributed by atoms with van der Waals surface area (Å²) in [6.45, 7) is 3.77. The Bertz CT molecular complexity index is 180. The average Bonchev–Trinajstić information content (AvgIpc) is 2.27. The van der Waals surface area contributed by atoms with Crippen molar-refractivity contribution in [2.45, 2.75) is 88.2 Å². The predicted octanol–water partition coefficient (Wildman–Crippen LogP) is 7.84. The molecular weight excluding hydrogens is 329 g/mol. The van der Waals surface area contributed by atoms with Gasteiger partial charge < -0.3 is 4.74 Å². The van der Waals surface area contributed by atoms with Gasteiger partial charge in [-0.2, -0.15) is 26.3 Å². The summed E-state index contributed by atoms with van der Waals surface area (Å²) in [5.74, 6) is 0. The molecule has 8 heteroatoms. The molecule has 23 heavy (non-hydrogen) atoms. The van der Waals surface area contributed by atoms with Crippen molar-refractivity contribution in [1.29, 1.82) is 0 Å². The minimum atomic E-state index is -4.19. The van der Waals surface area contributed by atoms with Crippen LogP contribution in [0.5, 0.6) is 0 Å². The van der Waals surface area contributed by atoms with E-state index >= 15 is 0 Å². The van der Waals surface area contributed by atoms with Crippen molar-refractivity contribution in [3.05, 3.63) is 0 Å². The summed E-state index contributed by atoms with van der Waals surface area (Å²) in [6.07, 6.45) is -8.31. The van der Waals surface area contributed by atoms with E-state index < -0.39 is 25.4 Å². The summed E-state index contributed by atoms with van der Waals surface area (Å²) in [7, 11) is 0.500. The molecule has 0 spiro atoms. The highest BCUT2D eigenvalue weighted by molar-refractivity contribution is 4.50. The number of ether oxygens (including phenoxy) is 1. The lowest BCUT2D eigenvalue weighted by molar-refractivity contribution is -0.183. The van der Waals surface area contributed by atoms with E-state index in [1.807, 2.05) is 0 Å². The number of hydrogen-bond donors (Lipinski definition) is 0. The first-order valence-electron chi connectivity index (χ1n) is 5.64. The first-order valence-corrected chi connectivity index (χ1v) is 5.64. The molecule has 1 unspecified atom stereocenters. The molecule has 0 aliphatic heterocycles. The third-order valence-corrected chi connectivity index (χ3v) is 1.64. The molecule has 0 bridgehead atoms. The second-order valence-electron chi connectivity index (χ2n) is 3.51. The van der Waals surface area contributed by atoms with Crippen LogP contribution in [0.2, 0.25) is 0 Å². The normalized spacial score (nSPS) is 10.6. The van der Waals surface area contributed by atoms with E-state index in [0.717, 1.165) is 0 Å². The minimum Gasteiger partial charge on any atom is -0.369 e. The number of halogens is 7. The summed E-state index contributed by atoms with van der Waals surface area (Å²) in [6, 6.07) is 0. The summed E-state index contributed by atoms with van der Waals surface area (Å²) in [4.78, 5) is 0. The molecule has 0 N–H and O–H groups in total. The van der Waals surface area contributed by atoms with E-state index in [1.165, 1.54) is 6.92 Å². The Morgan fingerprint density at radius 2 is 1.13 bits per heavy atom. The van der Waals surface area contributed by atoms with Crippen molar-refractivity contribution in [3.63, 3.8) is 0 Å². The van der Waals surface area contributed by atoms with E-state index in [-0.39, 0.29) is 42.2 Å². The van der Waals surface area contributed by atoms with E-state index in [2.05, 4.69) is 4.74 Å². The zero-order valence-electron chi connectivity index (χ0n) is 11.5. The van der Waals surface area contributed by atoms with Gasteiger partial charge in [0.25, 0.3) is 0 Å². The molecule has 0 radical (unpaired) electrons. The molecule has 152 valence electrons. The largest absolute Gasteiger partial charge is 0.411 e. The first-order chi connectivity index (χ1) is 8.52. The molecule has 0 rings (SSSR count). The summed E-state index contributed by atoms with van der Waals surface area (Å²) < 4.78 is 81.4. The molecule has 0 aromatic rings. The predicted molar refractivity (Wildman–Crippen MR) is 86.7 cm³/mol. The van der Waals surface area contributed by atoms with Crippen LogP contribution in [0.25, 0.3) is 0 Å². The van der Waals surface area contributed by atoms with Gasteiger partial charge in [0, 0.05) is 6.42 Å². The summed E-state index contributed by atoms with van der Waals surface area (Å²) >= 11 is 0. The SMILES string of the molecule is C.C.C.C.CCC(C)OCC(F)(F)F.CCCC(F)(F)F.CF. The fourth-order valence-corrected chi connectivity index (χ4v) is 0.638. The number of hydrogen-bond acceptors (Lipinski definition) is 1. The molecule has 1 nitrogen and oxygen atoms in total. The van der Waals surface area contributed by atoms with Gasteiger partial charge in [-0.25, -0.2) is 0 Å². The molecule has 0 heterocycles. The Morgan fingerprint density at radius 1 is 0.783 bits per heavy atom. The molecule has 0 aliphatic carbocycles. The third kappa shape index (κ3) is 61.9. The molecule has 1 atom stereocenters. The maximum absolute atomic E-state index is 11.4. The van der Waals surface area contributed by atoms with Gasteiger partial charge in [-0.05, 0) is 19.8 Å². The van der Waals surface area contributed by atoms with Crippen LogP contribution in [0.15, 0.2) is 0 Å². The Labute approximate surface area is 138 Å². The van der Waals surface area contributed by atoms with Crippen LogP contribution in [0, 0.1) is 0 Å². The van der Waals surface area contributed by atoms with Gasteiger partial charge in [0.2, 0.25) is 0 Å². The maximum Gasteiger partial charge on any atom is 0.411 e. The van der Waals surface area contributed by atoms with Crippen molar-refractivity contribution in [2.75, 3.05) is 13.8 Å². The Morgan fingerprint density at radius 3 is 1.26 bits per heavy atom. The molecular formula is C15H37F7O. The zero-order chi connectivity index (χ0) is 16.1. The van der Waals surface area contributed by atoms with Gasteiger partial charge >= 0.3 is 12.4 Å². The van der Waals surface area contributed by atoms with E-state index in [1.54, 1.807) is 13.8 Å². The van der Waals surface area contributed by atoms with Gasteiger partial charge in [-0.15, -0.1) is 0 Å². The smallest absolute Gasteiger partial charge is 0.369 e. The van der Waals surface area contributed by atoms with Crippen molar-refractivity contribution in [3.8, 4) is 0 Å². The highest BCUT2D eigenvalue weighted by Gasteiger charge is 2.28. The van der Waals surface area contributed by atoms with Gasteiger partial charge in [-0.1, -0.05) is 43.6 Å². The lowest BCUT2D eigenvalue weighted by atomic mass is 10.3. The van der Waals surface area contributed by atoms with Crippen molar-refractivity contribution < 1.29 is 35.5 Å². The summed E-state index contributed by atoms with van der Waals surface area (Å²) in [5.41, 5.74) is 0. The minimum absolute atomic E-state index is 0. The van der Waals surface area contributed by atoms with Crippen LogP contribution in [0.1, 0.15) is 69.7 Å². The van der Waals surface area contributed by atoms with Crippen molar-refractivity contribution >= 4 is 0 Å². The number of rotatable bonds is 4. The lowest BCUT2D eigenvalue weighted by Gasteiger charge is -2.11. The van der Waals surface area contributed by atoms with Gasteiger partial charge in [-0.3, -0.25) is 4.39 Å². The zero-order valence-corrected chi connectivity index (χ0v) is 11.5. The average molecular weight is 366 g/mol. The quantitative estimate of drug-likeness (QED) is 0.460. The van der Waals surface area contributed by atoms with Gasteiger partial charge in [0.05, 0.1) is 13.3 Å². The fourth-order valence-electron chi connectivity index (χ4n) is 0.638. The third-order valence-electron chi connectivity index (χ3n) is 1.64. The van der Waals surface area contributed by atoms with Crippen LogP contribution in [-0.4, -0.2) is 32.2 Å². The molecule has 0 aliphatic rings. The molecule has 0 amide bonds. The molecule has 0 saturated carbocycles. The Balaban J connectivity index is -0.0000000357. The Hall–Kier alpha value is -0.530. The highest BCUT2D eigenvalue weighted by atomic mass is 19.4. The van der Waals surface area contributed by atoms with Crippen LogP contribution in [0.3, 0.4) is 0 Å². The lowest BCUT2D eigenvalue weighted by Crippen LogP contribution is -2.21. The topological polar surface area (TPSA) is 9.23 Å². The standard InChI is InChI=1S/C6H11F3O.C4H7F3.CH3F.4CH4/c1-3-5(2)10-4-6(7,8)9;1-2-3-4(5,6)7;1-2;;;;/h5H,3-4H2,1-2H3;2-3H2,1H3;1H3;4*1H4. The van der Waals surface area contributed by atoms with Crippen LogP contribution in [0.4, 0.5) is 30.7 Å². The highest BCUT2D eigenvalue weighted by Crippen LogP contribution is 2.20. The molecule has 0 fully saturated rings. The van der Waals surface area contributed by atoms with Crippen LogP contribution in [-0.2, 0) is 4.74 Å².